The van der Waals surface area contributed by atoms with Gasteiger partial charge in [-0.3, -0.25) is 4.90 Å². The van der Waals surface area contributed by atoms with E-state index in [4.69, 9.17) is 10.5 Å². The first-order valence-electron chi connectivity index (χ1n) is 8.94. The van der Waals surface area contributed by atoms with Gasteiger partial charge in [-0.1, -0.05) is 30.3 Å². The molecular weight excluding hydrogens is 359 g/mol. The highest BCUT2D eigenvalue weighted by Crippen LogP contribution is 2.19. The van der Waals surface area contributed by atoms with E-state index in [1.54, 1.807) is 18.2 Å². The van der Waals surface area contributed by atoms with E-state index < -0.39 is 0 Å². The highest BCUT2D eigenvalue weighted by molar-refractivity contribution is 5.53. The number of halogens is 1. The number of nitrogens with zero attached hydrogens (tertiary/aromatic N) is 4. The number of rotatable bonds is 8. The van der Waals surface area contributed by atoms with Crippen molar-refractivity contribution in [1.82, 2.24) is 19.9 Å². The van der Waals surface area contributed by atoms with Crippen molar-refractivity contribution < 1.29 is 9.13 Å². The fourth-order valence-electron chi connectivity index (χ4n) is 2.55. The molecule has 0 saturated heterocycles. The van der Waals surface area contributed by atoms with Gasteiger partial charge >= 0.3 is 0 Å². The zero-order valence-electron chi connectivity index (χ0n) is 15.8. The molecule has 7 nitrogen and oxygen atoms in total. The number of para-hydroxylation sites is 2. The number of benzene rings is 2. The molecule has 3 rings (SSSR count). The van der Waals surface area contributed by atoms with E-state index in [0.29, 0.717) is 24.9 Å². The van der Waals surface area contributed by atoms with Gasteiger partial charge in [0.15, 0.2) is 17.4 Å². The minimum absolute atomic E-state index is 0.133. The maximum Gasteiger partial charge on any atom is 0.232 e. The van der Waals surface area contributed by atoms with Crippen molar-refractivity contribution in [3.05, 3.63) is 66.2 Å². The predicted molar refractivity (Wildman–Crippen MR) is 107 cm³/mol. The van der Waals surface area contributed by atoms with Crippen molar-refractivity contribution in [2.75, 3.05) is 31.2 Å². The summed E-state index contributed by atoms with van der Waals surface area (Å²) in [7, 11) is 1.92. The molecule has 0 amide bonds. The molecule has 0 aliphatic heterocycles. The van der Waals surface area contributed by atoms with Gasteiger partial charge in [-0.05, 0) is 38.2 Å². The summed E-state index contributed by atoms with van der Waals surface area (Å²) < 4.78 is 19.1. The van der Waals surface area contributed by atoms with Crippen LogP contribution >= 0.6 is 0 Å². The van der Waals surface area contributed by atoms with Crippen molar-refractivity contribution in [1.29, 1.82) is 0 Å². The Hall–Kier alpha value is -3.26. The SMILES string of the molecule is C[C@@H](c1nc(N)nc(Nc2ccccc2)n1)N(C)CCOc1ccccc1F. The molecule has 0 unspecified atom stereocenters. The maximum atomic E-state index is 13.6. The molecule has 8 heteroatoms. The molecule has 0 fully saturated rings. The number of hydrogen-bond donors (Lipinski definition) is 2. The average molecular weight is 382 g/mol. The Bertz CT molecular complexity index is 908. The first-order chi connectivity index (χ1) is 13.5. The van der Waals surface area contributed by atoms with Crippen LogP contribution in [0.4, 0.5) is 22.0 Å². The summed E-state index contributed by atoms with van der Waals surface area (Å²) in [5.41, 5.74) is 6.72. The lowest BCUT2D eigenvalue weighted by Gasteiger charge is -2.23. The van der Waals surface area contributed by atoms with Crippen LogP contribution in [0.3, 0.4) is 0 Å². The molecule has 146 valence electrons. The molecular formula is C20H23FN6O. The van der Waals surface area contributed by atoms with Crippen LogP contribution in [0.5, 0.6) is 5.75 Å². The molecule has 0 radical (unpaired) electrons. The Kier molecular flexibility index (Phi) is 6.33. The molecule has 1 atom stereocenters. The van der Waals surface area contributed by atoms with E-state index in [0.717, 1.165) is 5.69 Å². The number of anilines is 3. The zero-order valence-corrected chi connectivity index (χ0v) is 15.8. The zero-order chi connectivity index (χ0) is 19.9. The van der Waals surface area contributed by atoms with Gasteiger partial charge in [0.1, 0.15) is 6.61 Å². The summed E-state index contributed by atoms with van der Waals surface area (Å²) in [6.45, 7) is 2.85. The van der Waals surface area contributed by atoms with E-state index >= 15 is 0 Å². The molecule has 0 bridgehead atoms. The Morgan fingerprint density at radius 2 is 1.79 bits per heavy atom. The highest BCUT2D eigenvalue weighted by Gasteiger charge is 2.17. The van der Waals surface area contributed by atoms with Gasteiger partial charge in [0, 0.05) is 12.2 Å². The Morgan fingerprint density at radius 1 is 1.07 bits per heavy atom. The lowest BCUT2D eigenvalue weighted by molar-refractivity contribution is 0.192. The molecule has 0 saturated carbocycles. The van der Waals surface area contributed by atoms with Crippen molar-refractivity contribution >= 4 is 17.6 Å². The molecule has 1 aromatic heterocycles. The molecule has 3 aromatic rings. The smallest absolute Gasteiger partial charge is 0.232 e. The Labute approximate surface area is 163 Å². The summed E-state index contributed by atoms with van der Waals surface area (Å²) in [4.78, 5) is 14.9. The third-order valence-corrected chi connectivity index (χ3v) is 4.27. The van der Waals surface area contributed by atoms with E-state index in [9.17, 15) is 4.39 Å². The molecule has 0 aliphatic carbocycles. The van der Waals surface area contributed by atoms with Crippen LogP contribution in [0.2, 0.25) is 0 Å². The van der Waals surface area contributed by atoms with Gasteiger partial charge in [-0.2, -0.15) is 15.0 Å². The van der Waals surface area contributed by atoms with E-state index in [-0.39, 0.29) is 23.6 Å². The lowest BCUT2D eigenvalue weighted by Crippen LogP contribution is -2.29. The second kappa shape index (κ2) is 9.09. The monoisotopic (exact) mass is 382 g/mol. The summed E-state index contributed by atoms with van der Waals surface area (Å²) in [6, 6.07) is 15.8. The van der Waals surface area contributed by atoms with Gasteiger partial charge in [-0.25, -0.2) is 4.39 Å². The van der Waals surface area contributed by atoms with Crippen LogP contribution in [-0.2, 0) is 0 Å². The Morgan fingerprint density at radius 3 is 2.54 bits per heavy atom. The van der Waals surface area contributed by atoms with Crippen molar-refractivity contribution in [2.24, 2.45) is 0 Å². The summed E-state index contributed by atoms with van der Waals surface area (Å²) in [6.07, 6.45) is 0. The highest BCUT2D eigenvalue weighted by atomic mass is 19.1. The van der Waals surface area contributed by atoms with Crippen LogP contribution in [0.1, 0.15) is 18.8 Å². The van der Waals surface area contributed by atoms with Crippen molar-refractivity contribution in [2.45, 2.75) is 13.0 Å². The topological polar surface area (TPSA) is 89.2 Å². The minimum atomic E-state index is -0.375. The van der Waals surface area contributed by atoms with Gasteiger partial charge in [0.25, 0.3) is 0 Å². The first-order valence-corrected chi connectivity index (χ1v) is 8.94. The molecule has 1 heterocycles. The van der Waals surface area contributed by atoms with Crippen LogP contribution in [0.25, 0.3) is 0 Å². The fraction of sp³-hybridized carbons (Fsp3) is 0.250. The third kappa shape index (κ3) is 5.14. The number of ether oxygens (including phenoxy) is 1. The number of nitrogens with one attached hydrogen (secondary N) is 1. The van der Waals surface area contributed by atoms with Crippen molar-refractivity contribution in [3.63, 3.8) is 0 Å². The van der Waals surface area contributed by atoms with E-state index in [2.05, 4.69) is 20.3 Å². The Balaban J connectivity index is 1.62. The third-order valence-electron chi connectivity index (χ3n) is 4.27. The average Bonchev–Trinajstić information content (AvgIpc) is 2.69. The summed E-state index contributed by atoms with van der Waals surface area (Å²) in [5.74, 6) is 0.935. The minimum Gasteiger partial charge on any atom is -0.489 e. The van der Waals surface area contributed by atoms with Gasteiger partial charge < -0.3 is 15.8 Å². The van der Waals surface area contributed by atoms with E-state index in [1.807, 2.05) is 49.2 Å². The molecule has 0 spiro atoms. The van der Waals surface area contributed by atoms with Gasteiger partial charge in [0.05, 0.1) is 6.04 Å². The van der Waals surface area contributed by atoms with Gasteiger partial charge in [-0.15, -0.1) is 0 Å². The van der Waals surface area contributed by atoms with Crippen LogP contribution in [0.15, 0.2) is 54.6 Å². The number of hydrogen-bond acceptors (Lipinski definition) is 7. The summed E-state index contributed by atoms with van der Waals surface area (Å²) >= 11 is 0. The molecule has 0 aliphatic rings. The standard InChI is InChI=1S/C20H23FN6O/c1-14(27(2)12-13-28-17-11-7-6-10-16(17)21)18-24-19(22)26-20(25-18)23-15-8-4-3-5-9-15/h3-11,14H,12-13H2,1-2H3,(H3,22,23,24,25,26)/t14-/m0/s1. The quantitative estimate of drug-likeness (QED) is 0.617. The largest absolute Gasteiger partial charge is 0.489 e. The second-order valence-corrected chi connectivity index (χ2v) is 6.30. The first kappa shape index (κ1) is 19.5. The predicted octanol–water partition coefficient (Wildman–Crippen LogP) is 3.41. The van der Waals surface area contributed by atoms with Crippen LogP contribution in [-0.4, -0.2) is 40.1 Å². The number of nitrogens with two attached hydrogens (primary N) is 1. The normalized spacial score (nSPS) is 12.0. The van der Waals surface area contributed by atoms with Crippen LogP contribution < -0.4 is 15.8 Å². The molecule has 3 N–H and O–H groups in total. The maximum absolute atomic E-state index is 13.6. The molecule has 28 heavy (non-hydrogen) atoms. The fourth-order valence-corrected chi connectivity index (χ4v) is 2.55. The van der Waals surface area contributed by atoms with Crippen molar-refractivity contribution in [3.8, 4) is 5.75 Å². The van der Waals surface area contributed by atoms with Crippen LogP contribution in [0, 0.1) is 5.82 Å². The molecule has 2 aromatic carbocycles. The lowest BCUT2D eigenvalue weighted by atomic mass is 10.3. The van der Waals surface area contributed by atoms with E-state index in [1.165, 1.54) is 6.07 Å². The number of aromatic nitrogens is 3. The van der Waals surface area contributed by atoms with Gasteiger partial charge in [0.2, 0.25) is 11.9 Å². The summed E-state index contributed by atoms with van der Waals surface area (Å²) in [5, 5.41) is 3.12. The second-order valence-electron chi connectivity index (χ2n) is 6.30. The number of nitrogen functional groups attached to an aromatic ring is 1. The number of likely N-dealkylation sites (N-methyl/N-ethyl adjacent to an activating group) is 1.